The Balaban J connectivity index is 2.28. The van der Waals surface area contributed by atoms with Crippen LogP contribution in [0.3, 0.4) is 0 Å². The van der Waals surface area contributed by atoms with Crippen molar-refractivity contribution in [3.8, 4) is 0 Å². The van der Waals surface area contributed by atoms with Gasteiger partial charge in [-0.05, 0) is 19.4 Å². The molecule has 1 amide bonds. The quantitative estimate of drug-likeness (QED) is 0.405. The molecule has 164 valence electrons. The lowest BCUT2D eigenvalue weighted by molar-refractivity contribution is -0.143. The summed E-state index contributed by atoms with van der Waals surface area (Å²) in [4.78, 5) is 41.5. The Bertz CT molecular complexity index is 1010. The summed E-state index contributed by atoms with van der Waals surface area (Å²) in [6, 6.07) is 6.90. The van der Waals surface area contributed by atoms with Crippen LogP contribution in [0.2, 0.25) is 0 Å². The highest BCUT2D eigenvalue weighted by molar-refractivity contribution is 6.22. The number of esters is 2. The zero-order chi connectivity index (χ0) is 22.8. The molecule has 0 saturated heterocycles. The van der Waals surface area contributed by atoms with Gasteiger partial charge in [-0.3, -0.25) is 4.79 Å². The Morgan fingerprint density at radius 1 is 1.23 bits per heavy atom. The number of hydrogen-bond donors (Lipinski definition) is 1. The lowest BCUT2D eigenvalue weighted by atomic mass is 9.67. The first-order valence-corrected chi connectivity index (χ1v) is 10.0. The molecule has 2 aliphatic rings. The Kier molecular flexibility index (Phi) is 6.19. The van der Waals surface area contributed by atoms with Crippen molar-refractivity contribution in [1.29, 1.82) is 0 Å². The fourth-order valence-electron chi connectivity index (χ4n) is 4.02. The average molecular weight is 426 g/mol. The van der Waals surface area contributed by atoms with Gasteiger partial charge < -0.3 is 24.8 Å². The van der Waals surface area contributed by atoms with Crippen LogP contribution in [0.5, 0.6) is 0 Å². The second-order valence-electron chi connectivity index (χ2n) is 7.28. The van der Waals surface area contributed by atoms with Crippen molar-refractivity contribution in [3.05, 3.63) is 65.3 Å². The van der Waals surface area contributed by atoms with E-state index in [2.05, 4.69) is 6.58 Å². The van der Waals surface area contributed by atoms with Gasteiger partial charge >= 0.3 is 11.9 Å². The monoisotopic (exact) mass is 426 g/mol. The molecule has 0 radical (unpaired) electrons. The lowest BCUT2D eigenvalue weighted by Gasteiger charge is -2.36. The summed E-state index contributed by atoms with van der Waals surface area (Å²) >= 11 is 0. The Morgan fingerprint density at radius 3 is 2.58 bits per heavy atom. The number of carbonyl (C=O) groups is 3. The van der Waals surface area contributed by atoms with Gasteiger partial charge in [-0.2, -0.15) is 0 Å². The van der Waals surface area contributed by atoms with Crippen molar-refractivity contribution >= 4 is 23.5 Å². The number of para-hydroxylation sites is 1. The molecule has 1 atom stereocenters. The summed E-state index contributed by atoms with van der Waals surface area (Å²) in [5.74, 6) is -2.34. The molecule has 2 aliphatic heterocycles. The third-order valence-electron chi connectivity index (χ3n) is 5.38. The first-order chi connectivity index (χ1) is 14.8. The molecule has 1 spiro atoms. The van der Waals surface area contributed by atoms with Crippen LogP contribution < -0.4 is 10.6 Å². The number of unbranched alkanes of at least 4 members (excludes halogenated alkanes) is 1. The standard InChI is InChI=1S/C23H26N2O6/c1-5-7-13-30-21(27)18-19(24)31-14(3)17(20(26)29-12-6-2)23(18)15-10-8-9-11-16(15)25(4)22(23)28/h6,8-11H,2,5,7,12-13,24H2,1,3-4H3. The first-order valence-electron chi connectivity index (χ1n) is 10.0. The van der Waals surface area contributed by atoms with Crippen LogP contribution in [0.25, 0.3) is 0 Å². The average Bonchev–Trinajstić information content (AvgIpc) is 2.95. The molecule has 0 aliphatic carbocycles. The molecule has 3 rings (SSSR count). The molecule has 0 saturated carbocycles. The van der Waals surface area contributed by atoms with Gasteiger partial charge in [0.1, 0.15) is 28.9 Å². The number of amides is 1. The van der Waals surface area contributed by atoms with Crippen LogP contribution >= 0.6 is 0 Å². The molecule has 8 heteroatoms. The van der Waals surface area contributed by atoms with E-state index in [4.69, 9.17) is 19.9 Å². The Hall–Kier alpha value is -3.55. The van der Waals surface area contributed by atoms with Crippen molar-refractivity contribution in [2.45, 2.75) is 32.1 Å². The molecule has 31 heavy (non-hydrogen) atoms. The van der Waals surface area contributed by atoms with E-state index in [0.717, 1.165) is 6.42 Å². The van der Waals surface area contributed by atoms with E-state index in [1.165, 1.54) is 17.9 Å². The highest BCUT2D eigenvalue weighted by Gasteiger charge is 2.63. The number of nitrogens with zero attached hydrogens (tertiary/aromatic N) is 1. The number of ether oxygens (including phenoxy) is 3. The van der Waals surface area contributed by atoms with E-state index in [-0.39, 0.29) is 36.0 Å². The Morgan fingerprint density at radius 2 is 1.90 bits per heavy atom. The summed E-state index contributed by atoms with van der Waals surface area (Å²) in [6.45, 7) is 7.07. The predicted molar refractivity (Wildman–Crippen MR) is 114 cm³/mol. The van der Waals surface area contributed by atoms with E-state index >= 15 is 0 Å². The molecular formula is C23H26N2O6. The van der Waals surface area contributed by atoms with Crippen molar-refractivity contribution in [3.63, 3.8) is 0 Å². The molecule has 0 aromatic heterocycles. The van der Waals surface area contributed by atoms with Gasteiger partial charge in [0.15, 0.2) is 0 Å². The number of nitrogens with two attached hydrogens (primary N) is 1. The van der Waals surface area contributed by atoms with Crippen LogP contribution in [0.1, 0.15) is 32.3 Å². The third-order valence-corrected chi connectivity index (χ3v) is 5.38. The minimum absolute atomic E-state index is 0.0765. The second kappa shape index (κ2) is 8.67. The molecule has 1 aromatic carbocycles. The molecule has 1 unspecified atom stereocenters. The van der Waals surface area contributed by atoms with Crippen molar-refractivity contribution in [2.24, 2.45) is 5.73 Å². The second-order valence-corrected chi connectivity index (χ2v) is 7.28. The molecule has 1 aromatic rings. The molecule has 8 nitrogen and oxygen atoms in total. The fourth-order valence-corrected chi connectivity index (χ4v) is 4.02. The Labute approximate surface area is 180 Å². The van der Waals surface area contributed by atoms with E-state index in [1.807, 2.05) is 6.92 Å². The van der Waals surface area contributed by atoms with Gasteiger partial charge in [0, 0.05) is 18.3 Å². The third kappa shape index (κ3) is 3.37. The maximum Gasteiger partial charge on any atom is 0.341 e. The molecule has 2 heterocycles. The fraction of sp³-hybridized carbons (Fsp3) is 0.348. The maximum absolute atomic E-state index is 13.8. The number of fused-ring (bicyclic) bond motifs is 2. The minimum atomic E-state index is -1.83. The van der Waals surface area contributed by atoms with Crippen LogP contribution in [0.4, 0.5) is 5.69 Å². The van der Waals surface area contributed by atoms with Crippen LogP contribution in [0, 0.1) is 0 Å². The van der Waals surface area contributed by atoms with E-state index in [9.17, 15) is 14.4 Å². The molecule has 0 bridgehead atoms. The van der Waals surface area contributed by atoms with Gasteiger partial charge in [-0.1, -0.05) is 44.2 Å². The number of benzene rings is 1. The van der Waals surface area contributed by atoms with Gasteiger partial charge in [-0.25, -0.2) is 9.59 Å². The maximum atomic E-state index is 13.8. The summed E-state index contributed by atoms with van der Waals surface area (Å²) in [7, 11) is 1.57. The van der Waals surface area contributed by atoms with Crippen molar-refractivity contribution in [2.75, 3.05) is 25.2 Å². The smallest absolute Gasteiger partial charge is 0.341 e. The molecule has 2 N–H and O–H groups in total. The first kappa shape index (κ1) is 22.1. The zero-order valence-electron chi connectivity index (χ0n) is 17.9. The summed E-state index contributed by atoms with van der Waals surface area (Å²) < 4.78 is 16.2. The van der Waals surface area contributed by atoms with Crippen molar-refractivity contribution < 1.29 is 28.6 Å². The highest BCUT2D eigenvalue weighted by Crippen LogP contribution is 2.54. The van der Waals surface area contributed by atoms with Crippen LogP contribution in [-0.4, -0.2) is 38.1 Å². The number of rotatable bonds is 7. The van der Waals surface area contributed by atoms with Crippen LogP contribution in [0.15, 0.2) is 59.7 Å². The summed E-state index contributed by atoms with van der Waals surface area (Å²) in [6.07, 6.45) is 2.86. The number of anilines is 1. The SMILES string of the molecule is C=CCOC(=O)C1=C(C)OC(N)=C(C(=O)OCCCC)C12C(=O)N(C)c1ccccc12. The van der Waals surface area contributed by atoms with Gasteiger partial charge in [0.25, 0.3) is 0 Å². The van der Waals surface area contributed by atoms with Gasteiger partial charge in [0.2, 0.25) is 11.8 Å². The summed E-state index contributed by atoms with van der Waals surface area (Å²) in [5.41, 5.74) is 4.96. The van der Waals surface area contributed by atoms with Crippen molar-refractivity contribution in [1.82, 2.24) is 0 Å². The zero-order valence-corrected chi connectivity index (χ0v) is 17.9. The largest absolute Gasteiger partial charge is 0.462 e. The molecule has 0 fully saturated rings. The highest BCUT2D eigenvalue weighted by atomic mass is 16.5. The number of hydrogen-bond acceptors (Lipinski definition) is 7. The van der Waals surface area contributed by atoms with Crippen LogP contribution in [-0.2, 0) is 34.0 Å². The number of likely N-dealkylation sites (N-methyl/N-ethyl adjacent to an activating group) is 1. The topological polar surface area (TPSA) is 108 Å². The number of allylic oxidation sites excluding steroid dienone is 1. The minimum Gasteiger partial charge on any atom is -0.462 e. The predicted octanol–water partition coefficient (Wildman–Crippen LogP) is 2.45. The van der Waals surface area contributed by atoms with E-state index < -0.39 is 23.3 Å². The lowest BCUT2D eigenvalue weighted by Crippen LogP contribution is -2.50. The molecular weight excluding hydrogens is 400 g/mol. The van der Waals surface area contributed by atoms with Gasteiger partial charge in [-0.15, -0.1) is 0 Å². The normalized spacial score (nSPS) is 20.0. The number of carbonyl (C=O) groups excluding carboxylic acids is 3. The van der Waals surface area contributed by atoms with Gasteiger partial charge in [0.05, 0.1) is 6.61 Å². The van der Waals surface area contributed by atoms with E-state index in [1.54, 1.807) is 31.3 Å². The van der Waals surface area contributed by atoms with E-state index in [0.29, 0.717) is 17.7 Å². The summed E-state index contributed by atoms with van der Waals surface area (Å²) in [5, 5.41) is 0.